The molecule has 0 aliphatic rings. The maximum atomic E-state index is 10.2. The first-order chi connectivity index (χ1) is 6.97. The predicted molar refractivity (Wildman–Crippen MR) is 51.8 cm³/mol. The molecule has 0 spiro atoms. The third-order valence-corrected chi connectivity index (χ3v) is 1.33. The van der Waals surface area contributed by atoms with Crippen molar-refractivity contribution >= 4 is 18.7 Å². The van der Waals surface area contributed by atoms with Crippen molar-refractivity contribution in [3.05, 3.63) is 0 Å². The van der Waals surface area contributed by atoms with Gasteiger partial charge in [0.15, 0.2) is 1.41 Å². The Bertz CT molecular complexity index is 195. The van der Waals surface area contributed by atoms with E-state index in [-0.39, 0.29) is 12.8 Å². The molecule has 14 heavy (non-hydrogen) atoms. The fraction of sp³-hybridized carbons (Fsp3) is 0.625. The van der Waals surface area contributed by atoms with Crippen LogP contribution in [0.2, 0.25) is 1.41 Å². The summed E-state index contributed by atoms with van der Waals surface area (Å²) in [4.78, 5) is 20.5. The standard InChI is InChI=1S/C7H13NO4.CH3N/c1-2-8-5(3-6(9)10)4-7(11)12;1-2/h5,8H,2-4H2,1H3,(H,9,10)(H,11,12);2H,1H2/i/hT. The van der Waals surface area contributed by atoms with E-state index in [1.54, 1.807) is 6.92 Å². The molecule has 0 aromatic carbocycles. The van der Waals surface area contributed by atoms with Crippen LogP contribution in [0.3, 0.4) is 0 Å². The fourth-order valence-electron chi connectivity index (χ4n) is 0.927. The molecule has 0 heterocycles. The number of hydrogen-bond donors (Lipinski definition) is 4. The molecular formula is C8H16N2O4. The minimum absolute atomic E-state index is 0.153. The molecule has 4 N–H and O–H groups in total. The van der Waals surface area contributed by atoms with E-state index >= 15 is 0 Å². The lowest BCUT2D eigenvalue weighted by Crippen LogP contribution is -2.33. The highest BCUT2D eigenvalue weighted by atomic mass is 16.4. The first kappa shape index (κ1) is 12.6. The van der Waals surface area contributed by atoms with Crippen molar-refractivity contribution in [1.29, 1.82) is 5.40 Å². The number of rotatable bonds is 6. The molecule has 0 saturated heterocycles. The van der Waals surface area contributed by atoms with Crippen molar-refractivity contribution in [2.75, 3.05) is 6.54 Å². The molecule has 0 aromatic heterocycles. The molecule has 6 heteroatoms. The van der Waals surface area contributed by atoms with E-state index in [0.717, 1.165) is 0 Å². The van der Waals surface area contributed by atoms with Gasteiger partial charge in [0.2, 0.25) is 0 Å². The zero-order chi connectivity index (χ0) is 12.3. The number of carboxylic acids is 2. The van der Waals surface area contributed by atoms with Gasteiger partial charge >= 0.3 is 11.9 Å². The zero-order valence-corrected chi connectivity index (χ0v) is 8.06. The van der Waals surface area contributed by atoms with Gasteiger partial charge in [-0.2, -0.15) is 0 Å². The number of hydrogen-bond acceptors (Lipinski definition) is 4. The van der Waals surface area contributed by atoms with Gasteiger partial charge < -0.3 is 20.9 Å². The smallest absolute Gasteiger partial charge is 0.304 e. The lowest BCUT2D eigenvalue weighted by atomic mass is 10.1. The van der Waals surface area contributed by atoms with Crippen LogP contribution in [0.15, 0.2) is 0 Å². The number of nitrogens with one attached hydrogen (secondary N) is 2. The molecule has 0 rings (SSSR count). The summed E-state index contributed by atoms with van der Waals surface area (Å²) in [6, 6.07) is -0.468. The molecule has 0 amide bonds. The van der Waals surface area contributed by atoms with Crippen molar-refractivity contribution in [3.63, 3.8) is 0 Å². The molecule has 0 aliphatic heterocycles. The maximum absolute atomic E-state index is 10.2. The van der Waals surface area contributed by atoms with Crippen molar-refractivity contribution in [3.8, 4) is 0 Å². The highest BCUT2D eigenvalue weighted by molar-refractivity contribution is 5.71. The highest BCUT2D eigenvalue weighted by Gasteiger charge is 2.14. The monoisotopic (exact) mass is 206 g/mol. The average molecular weight is 206 g/mol. The molecule has 82 valence electrons. The summed E-state index contributed by atoms with van der Waals surface area (Å²) >= 11 is 0. The lowest BCUT2D eigenvalue weighted by Gasteiger charge is -2.12. The van der Waals surface area contributed by atoms with Crippen molar-refractivity contribution in [1.82, 2.24) is 5.32 Å². The largest absolute Gasteiger partial charge is 0.481 e. The molecule has 0 unspecified atom stereocenters. The van der Waals surface area contributed by atoms with E-state index in [2.05, 4.69) is 17.4 Å². The van der Waals surface area contributed by atoms with Gasteiger partial charge in [-0.25, -0.2) is 0 Å². The van der Waals surface area contributed by atoms with Crippen molar-refractivity contribution < 1.29 is 21.2 Å². The van der Waals surface area contributed by atoms with Crippen LogP contribution in [0.25, 0.3) is 0 Å². The van der Waals surface area contributed by atoms with Crippen LogP contribution < -0.4 is 5.32 Å². The zero-order valence-electron chi connectivity index (χ0n) is 9.06. The Morgan fingerprint density at radius 2 is 1.86 bits per heavy atom. The molecule has 0 radical (unpaired) electrons. The van der Waals surface area contributed by atoms with Gasteiger partial charge in [0.05, 0.1) is 12.8 Å². The van der Waals surface area contributed by atoms with Gasteiger partial charge in [-0.1, -0.05) is 6.92 Å². The van der Waals surface area contributed by atoms with Gasteiger partial charge in [-0.05, 0) is 13.3 Å². The van der Waals surface area contributed by atoms with Gasteiger partial charge in [0.1, 0.15) is 0 Å². The molecule has 0 saturated carbocycles. The van der Waals surface area contributed by atoms with E-state index in [4.69, 9.17) is 11.6 Å². The van der Waals surface area contributed by atoms with Crippen LogP contribution in [-0.2, 0) is 9.59 Å². The predicted octanol–water partition coefficient (Wildman–Crippen LogP) is 0.180. The van der Waals surface area contributed by atoms with Crippen LogP contribution in [0.5, 0.6) is 0 Å². The molecule has 0 aromatic rings. The maximum Gasteiger partial charge on any atom is 0.304 e. The third-order valence-electron chi connectivity index (χ3n) is 1.33. The second-order valence-corrected chi connectivity index (χ2v) is 2.45. The summed E-state index contributed by atoms with van der Waals surface area (Å²) in [5, 5.41) is 22.1. The summed E-state index contributed by atoms with van der Waals surface area (Å²) in [6.07, 6.45) is -0.305. The van der Waals surface area contributed by atoms with Crippen LogP contribution in [0.1, 0.15) is 19.8 Å². The molecular weight excluding hydrogens is 188 g/mol. The van der Waals surface area contributed by atoms with Gasteiger partial charge in [-0.15, -0.1) is 0 Å². The van der Waals surface area contributed by atoms with Crippen molar-refractivity contribution in [2.45, 2.75) is 25.8 Å². The Morgan fingerprint density at radius 3 is 2.07 bits per heavy atom. The Morgan fingerprint density at radius 1 is 1.50 bits per heavy atom. The summed E-state index contributed by atoms with van der Waals surface area (Å²) in [6.45, 7) is 5.15. The minimum atomic E-state index is -0.984. The van der Waals surface area contributed by atoms with Gasteiger partial charge in [0.25, 0.3) is 0 Å². The van der Waals surface area contributed by atoms with E-state index < -0.39 is 18.0 Å². The van der Waals surface area contributed by atoms with E-state index in [1.165, 1.54) is 0 Å². The normalized spacial score (nSPS) is 9.71. The van der Waals surface area contributed by atoms with E-state index in [9.17, 15) is 9.59 Å². The molecule has 0 atom stereocenters. The summed E-state index contributed by atoms with van der Waals surface area (Å²) in [5.41, 5.74) is 0. The molecule has 0 bridgehead atoms. The van der Waals surface area contributed by atoms with Crippen LogP contribution in [0.4, 0.5) is 0 Å². The Labute approximate surface area is 83.9 Å². The Balaban J connectivity index is 0. The highest BCUT2D eigenvalue weighted by Crippen LogP contribution is 1.97. The second kappa shape index (κ2) is 9.66. The SMILES string of the molecule is CCNC(CC(=O)O)CC(=O)O.[3H]N=C. The third kappa shape index (κ3) is 10.6. The average Bonchev–Trinajstić information content (AvgIpc) is 2.02. The van der Waals surface area contributed by atoms with Gasteiger partial charge in [-0.3, -0.25) is 9.59 Å². The lowest BCUT2D eigenvalue weighted by molar-refractivity contribution is -0.139. The topological polar surface area (TPSA) is 110 Å². The molecule has 0 fully saturated rings. The summed E-state index contributed by atoms with van der Waals surface area (Å²) < 4.78 is 5.72. The van der Waals surface area contributed by atoms with Crippen LogP contribution in [0, 0.1) is 5.40 Å². The summed E-state index contributed by atoms with van der Waals surface area (Å²) in [7, 11) is 0. The van der Waals surface area contributed by atoms with Crippen LogP contribution >= 0.6 is 0 Å². The minimum Gasteiger partial charge on any atom is -0.481 e. The number of carbonyl (C=O) groups is 2. The van der Waals surface area contributed by atoms with Crippen LogP contribution in [-0.4, -0.2) is 41.5 Å². The first-order valence-corrected chi connectivity index (χ1v) is 4.04. The Kier molecular flexibility index (Phi) is 8.67. The number of aliphatic carboxylic acids is 2. The molecule has 0 aliphatic carbocycles. The second-order valence-electron chi connectivity index (χ2n) is 2.45. The van der Waals surface area contributed by atoms with E-state index in [0.29, 0.717) is 6.54 Å². The Hall–Kier alpha value is -1.43. The quantitative estimate of drug-likeness (QED) is 0.463. The fourth-order valence-corrected chi connectivity index (χ4v) is 0.927. The number of carboxylic acid groups (broad SMARTS) is 2. The molecule has 6 nitrogen and oxygen atoms in total. The van der Waals surface area contributed by atoms with Gasteiger partial charge in [0, 0.05) is 6.04 Å². The summed E-state index contributed by atoms with van der Waals surface area (Å²) in [5.74, 6) is -1.97. The first-order valence-electron chi connectivity index (χ1n) is 4.49. The van der Waals surface area contributed by atoms with Crippen molar-refractivity contribution in [2.24, 2.45) is 0 Å². The van der Waals surface area contributed by atoms with E-state index in [1.807, 2.05) is 0 Å².